The predicted octanol–water partition coefficient (Wildman–Crippen LogP) is 1.74. The summed E-state index contributed by atoms with van der Waals surface area (Å²) in [5.74, 6) is -0.310. The molecule has 4 heterocycles. The van der Waals surface area contributed by atoms with E-state index in [2.05, 4.69) is 15.3 Å². The Balaban J connectivity index is 0.00000210. The van der Waals surface area contributed by atoms with Crippen molar-refractivity contribution in [1.29, 1.82) is 0 Å². The Hall–Kier alpha value is -1.73. The minimum absolute atomic E-state index is 0. The van der Waals surface area contributed by atoms with E-state index in [0.29, 0.717) is 0 Å². The van der Waals surface area contributed by atoms with Gasteiger partial charge < -0.3 is 15.1 Å². The van der Waals surface area contributed by atoms with Crippen LogP contribution >= 0.6 is 12.4 Å². The van der Waals surface area contributed by atoms with E-state index < -0.39 is 0 Å². The lowest BCUT2D eigenvalue weighted by molar-refractivity contribution is 0.0691. The zero-order valence-corrected chi connectivity index (χ0v) is 16.5. The molecule has 3 saturated heterocycles. The minimum Gasteiger partial charge on any atom is -0.337 e. The maximum atomic E-state index is 13.1. The van der Waals surface area contributed by atoms with Crippen LogP contribution in [0, 0.1) is 5.41 Å². The van der Waals surface area contributed by atoms with Crippen molar-refractivity contribution in [3.05, 3.63) is 23.8 Å². The Bertz CT molecular complexity index is 686. The SMILES string of the molecule is Cl.O=C(c1nccnc1C(=O)N1CCC2(CCCNC2)C1)N1CCCCC1. The molecule has 0 radical (unpaired) electrons. The molecule has 0 aliphatic carbocycles. The number of carbonyl (C=O) groups excluding carboxylic acids is 2. The molecule has 1 aromatic rings. The maximum Gasteiger partial charge on any atom is 0.274 e. The maximum absolute atomic E-state index is 13.1. The Kier molecular flexibility index (Phi) is 6.32. The van der Waals surface area contributed by atoms with Gasteiger partial charge in [0.2, 0.25) is 0 Å². The number of hydrogen-bond donors (Lipinski definition) is 1. The first-order valence-electron chi connectivity index (χ1n) is 9.79. The smallest absolute Gasteiger partial charge is 0.274 e. The lowest BCUT2D eigenvalue weighted by Crippen LogP contribution is -2.43. The van der Waals surface area contributed by atoms with E-state index in [1.807, 2.05) is 4.90 Å². The first-order chi connectivity index (χ1) is 12.7. The summed E-state index contributed by atoms with van der Waals surface area (Å²) in [4.78, 5) is 38.2. The Morgan fingerprint density at radius 1 is 0.889 bits per heavy atom. The topological polar surface area (TPSA) is 78.4 Å². The quantitative estimate of drug-likeness (QED) is 0.828. The molecule has 3 fully saturated rings. The average Bonchev–Trinajstić information content (AvgIpc) is 3.11. The van der Waals surface area contributed by atoms with Crippen molar-refractivity contribution in [3.8, 4) is 0 Å². The van der Waals surface area contributed by atoms with Crippen LogP contribution < -0.4 is 5.32 Å². The van der Waals surface area contributed by atoms with Crippen LogP contribution in [0.3, 0.4) is 0 Å². The molecule has 2 amide bonds. The summed E-state index contributed by atoms with van der Waals surface area (Å²) < 4.78 is 0. The second-order valence-electron chi connectivity index (χ2n) is 7.86. The van der Waals surface area contributed by atoms with Crippen molar-refractivity contribution in [2.24, 2.45) is 5.41 Å². The van der Waals surface area contributed by atoms with Crippen LogP contribution in [0.4, 0.5) is 0 Å². The number of carbonyl (C=O) groups is 2. The molecule has 3 aliphatic heterocycles. The van der Waals surface area contributed by atoms with Gasteiger partial charge in [0.1, 0.15) is 0 Å². The van der Waals surface area contributed by atoms with E-state index in [9.17, 15) is 9.59 Å². The number of amides is 2. The third kappa shape index (κ3) is 4.09. The van der Waals surface area contributed by atoms with Gasteiger partial charge in [0, 0.05) is 50.5 Å². The van der Waals surface area contributed by atoms with Gasteiger partial charge in [0.25, 0.3) is 11.8 Å². The molecule has 1 aromatic heterocycles. The van der Waals surface area contributed by atoms with Crippen LogP contribution in [0.2, 0.25) is 0 Å². The van der Waals surface area contributed by atoms with E-state index in [0.717, 1.165) is 77.8 Å². The second-order valence-corrected chi connectivity index (χ2v) is 7.86. The van der Waals surface area contributed by atoms with Crippen molar-refractivity contribution in [3.63, 3.8) is 0 Å². The molecular formula is C19H28ClN5O2. The fourth-order valence-electron chi connectivity index (χ4n) is 4.53. The third-order valence-corrected chi connectivity index (χ3v) is 6.03. The highest BCUT2D eigenvalue weighted by atomic mass is 35.5. The molecule has 148 valence electrons. The number of likely N-dealkylation sites (tertiary alicyclic amines) is 2. The fraction of sp³-hybridized carbons (Fsp3) is 0.684. The van der Waals surface area contributed by atoms with Crippen molar-refractivity contribution in [1.82, 2.24) is 25.1 Å². The van der Waals surface area contributed by atoms with Gasteiger partial charge in [-0.3, -0.25) is 9.59 Å². The van der Waals surface area contributed by atoms with E-state index >= 15 is 0 Å². The molecular weight excluding hydrogens is 366 g/mol. The normalized spacial score (nSPS) is 25.3. The second kappa shape index (κ2) is 8.52. The number of nitrogens with zero attached hydrogens (tertiary/aromatic N) is 4. The van der Waals surface area contributed by atoms with Gasteiger partial charge in [-0.15, -0.1) is 12.4 Å². The van der Waals surface area contributed by atoms with Gasteiger partial charge in [-0.05, 0) is 45.1 Å². The molecule has 0 aromatic carbocycles. The van der Waals surface area contributed by atoms with Gasteiger partial charge in [0.15, 0.2) is 11.4 Å². The van der Waals surface area contributed by atoms with Crippen LogP contribution in [-0.4, -0.2) is 70.9 Å². The number of hydrogen-bond acceptors (Lipinski definition) is 5. The van der Waals surface area contributed by atoms with Gasteiger partial charge in [0.05, 0.1) is 0 Å². The molecule has 3 aliphatic rings. The largest absolute Gasteiger partial charge is 0.337 e. The number of aromatic nitrogens is 2. The average molecular weight is 394 g/mol. The number of halogens is 1. The van der Waals surface area contributed by atoms with Crippen LogP contribution in [-0.2, 0) is 0 Å². The number of rotatable bonds is 2. The molecule has 8 heteroatoms. The summed E-state index contributed by atoms with van der Waals surface area (Å²) in [7, 11) is 0. The molecule has 27 heavy (non-hydrogen) atoms. The van der Waals surface area contributed by atoms with Crippen LogP contribution in [0.15, 0.2) is 12.4 Å². The van der Waals surface area contributed by atoms with Crippen molar-refractivity contribution in [2.75, 3.05) is 39.3 Å². The summed E-state index contributed by atoms with van der Waals surface area (Å²) in [6.07, 6.45) is 9.52. The van der Waals surface area contributed by atoms with E-state index in [1.54, 1.807) is 4.90 Å². The zero-order valence-electron chi connectivity index (χ0n) is 15.7. The molecule has 1 atom stereocenters. The molecule has 1 unspecified atom stereocenters. The summed E-state index contributed by atoms with van der Waals surface area (Å²) in [5, 5.41) is 3.46. The molecule has 1 N–H and O–H groups in total. The lowest BCUT2D eigenvalue weighted by Gasteiger charge is -2.33. The molecule has 7 nitrogen and oxygen atoms in total. The zero-order chi connectivity index (χ0) is 18.0. The van der Waals surface area contributed by atoms with Gasteiger partial charge in [-0.2, -0.15) is 0 Å². The number of nitrogens with one attached hydrogen (secondary N) is 1. The van der Waals surface area contributed by atoms with E-state index in [1.165, 1.54) is 12.4 Å². The molecule has 1 spiro atoms. The molecule has 4 rings (SSSR count). The Morgan fingerprint density at radius 3 is 2.19 bits per heavy atom. The monoisotopic (exact) mass is 393 g/mol. The highest BCUT2D eigenvalue weighted by Gasteiger charge is 2.41. The summed E-state index contributed by atoms with van der Waals surface area (Å²) in [6.45, 7) is 4.98. The van der Waals surface area contributed by atoms with Gasteiger partial charge in [-0.1, -0.05) is 0 Å². The van der Waals surface area contributed by atoms with E-state index in [-0.39, 0.29) is 41.0 Å². The highest BCUT2D eigenvalue weighted by Crippen LogP contribution is 2.37. The lowest BCUT2D eigenvalue weighted by atomic mass is 9.80. The van der Waals surface area contributed by atoms with Crippen molar-refractivity contribution >= 4 is 24.2 Å². The van der Waals surface area contributed by atoms with Crippen molar-refractivity contribution < 1.29 is 9.59 Å². The summed E-state index contributed by atoms with van der Waals surface area (Å²) in [6, 6.07) is 0. The Labute approximate surface area is 166 Å². The first kappa shape index (κ1) is 20.0. The highest BCUT2D eigenvalue weighted by molar-refractivity contribution is 6.04. The first-order valence-corrected chi connectivity index (χ1v) is 9.79. The van der Waals surface area contributed by atoms with Crippen LogP contribution in [0.1, 0.15) is 59.5 Å². The fourth-order valence-corrected chi connectivity index (χ4v) is 4.53. The molecule has 0 bridgehead atoms. The minimum atomic E-state index is -0.158. The standard InChI is InChI=1S/C19H27N5O2.ClH/c25-17(23-10-2-1-3-11-23)15-16(22-9-8-21-15)18(26)24-12-6-19(14-24)5-4-7-20-13-19;/h8-9,20H,1-7,10-14H2;1H. The van der Waals surface area contributed by atoms with Crippen LogP contribution in [0.25, 0.3) is 0 Å². The van der Waals surface area contributed by atoms with Gasteiger partial charge in [-0.25, -0.2) is 9.97 Å². The van der Waals surface area contributed by atoms with E-state index in [4.69, 9.17) is 0 Å². The molecule has 0 saturated carbocycles. The summed E-state index contributed by atoms with van der Waals surface area (Å²) >= 11 is 0. The van der Waals surface area contributed by atoms with Crippen molar-refractivity contribution in [2.45, 2.75) is 38.5 Å². The van der Waals surface area contributed by atoms with Crippen LogP contribution in [0.5, 0.6) is 0 Å². The number of piperidine rings is 2. The predicted molar refractivity (Wildman–Crippen MR) is 104 cm³/mol. The Morgan fingerprint density at radius 2 is 1.56 bits per heavy atom. The third-order valence-electron chi connectivity index (χ3n) is 6.03. The van der Waals surface area contributed by atoms with Gasteiger partial charge >= 0.3 is 0 Å². The summed E-state index contributed by atoms with van der Waals surface area (Å²) in [5.41, 5.74) is 0.610.